The SMILES string of the molecule is CC1CCN(CC(O)COc2ccccc2[N+](=O)[O-])CC1. The van der Waals surface area contributed by atoms with Gasteiger partial charge in [-0.2, -0.15) is 0 Å². The van der Waals surface area contributed by atoms with Crippen LogP contribution in [0.2, 0.25) is 0 Å². The van der Waals surface area contributed by atoms with Crippen LogP contribution in [-0.4, -0.2) is 47.3 Å². The maximum Gasteiger partial charge on any atom is 0.310 e. The fourth-order valence-electron chi connectivity index (χ4n) is 2.51. The predicted octanol–water partition coefficient (Wildman–Crippen LogP) is 2.07. The molecule has 116 valence electrons. The molecule has 0 aromatic heterocycles. The van der Waals surface area contributed by atoms with Crippen LogP contribution in [0.4, 0.5) is 5.69 Å². The zero-order valence-corrected chi connectivity index (χ0v) is 12.3. The van der Waals surface area contributed by atoms with Gasteiger partial charge in [-0.1, -0.05) is 19.1 Å². The van der Waals surface area contributed by atoms with Crippen molar-refractivity contribution in [2.75, 3.05) is 26.2 Å². The number of para-hydroxylation sites is 2. The summed E-state index contributed by atoms with van der Waals surface area (Å²) in [6.07, 6.45) is 1.66. The molecule has 2 rings (SSSR count). The summed E-state index contributed by atoms with van der Waals surface area (Å²) >= 11 is 0. The first kappa shape index (κ1) is 15.7. The quantitative estimate of drug-likeness (QED) is 0.642. The molecule has 1 aliphatic rings. The first-order valence-corrected chi connectivity index (χ1v) is 7.33. The number of nitro groups is 1. The van der Waals surface area contributed by atoms with Gasteiger partial charge in [0.25, 0.3) is 0 Å². The van der Waals surface area contributed by atoms with Crippen molar-refractivity contribution in [3.05, 3.63) is 34.4 Å². The fraction of sp³-hybridized carbons (Fsp3) is 0.600. The van der Waals surface area contributed by atoms with E-state index in [-0.39, 0.29) is 18.0 Å². The highest BCUT2D eigenvalue weighted by atomic mass is 16.6. The zero-order valence-electron chi connectivity index (χ0n) is 12.3. The van der Waals surface area contributed by atoms with E-state index in [9.17, 15) is 15.2 Å². The third kappa shape index (κ3) is 4.68. The Kier molecular flexibility index (Phi) is 5.52. The van der Waals surface area contributed by atoms with Crippen LogP contribution in [-0.2, 0) is 0 Å². The molecule has 0 radical (unpaired) electrons. The highest BCUT2D eigenvalue weighted by Gasteiger charge is 2.20. The topological polar surface area (TPSA) is 75.8 Å². The normalized spacial score (nSPS) is 18.4. The van der Waals surface area contributed by atoms with Crippen molar-refractivity contribution in [1.82, 2.24) is 4.90 Å². The van der Waals surface area contributed by atoms with E-state index in [2.05, 4.69) is 11.8 Å². The van der Waals surface area contributed by atoms with Crippen LogP contribution in [0.25, 0.3) is 0 Å². The van der Waals surface area contributed by atoms with Gasteiger partial charge in [0, 0.05) is 12.6 Å². The average molecular weight is 294 g/mol. The Hall–Kier alpha value is -1.66. The number of nitro benzene ring substituents is 1. The summed E-state index contributed by atoms with van der Waals surface area (Å²) in [4.78, 5) is 12.6. The molecule has 1 heterocycles. The Morgan fingerprint density at radius 2 is 2.10 bits per heavy atom. The molecule has 1 saturated heterocycles. The van der Waals surface area contributed by atoms with E-state index in [0.717, 1.165) is 31.8 Å². The lowest BCUT2D eigenvalue weighted by Gasteiger charge is -2.31. The monoisotopic (exact) mass is 294 g/mol. The molecule has 1 aromatic rings. The van der Waals surface area contributed by atoms with Gasteiger partial charge in [0.15, 0.2) is 5.75 Å². The molecule has 6 heteroatoms. The average Bonchev–Trinajstić information content (AvgIpc) is 2.48. The van der Waals surface area contributed by atoms with Crippen molar-refractivity contribution in [3.63, 3.8) is 0 Å². The zero-order chi connectivity index (χ0) is 15.2. The van der Waals surface area contributed by atoms with Gasteiger partial charge in [-0.15, -0.1) is 0 Å². The van der Waals surface area contributed by atoms with E-state index in [1.165, 1.54) is 6.07 Å². The van der Waals surface area contributed by atoms with Crippen molar-refractivity contribution in [1.29, 1.82) is 0 Å². The van der Waals surface area contributed by atoms with E-state index in [1.54, 1.807) is 18.2 Å². The van der Waals surface area contributed by atoms with Crippen LogP contribution in [0.3, 0.4) is 0 Å². The third-order valence-corrected chi connectivity index (χ3v) is 3.84. The smallest absolute Gasteiger partial charge is 0.310 e. The van der Waals surface area contributed by atoms with E-state index in [4.69, 9.17) is 4.74 Å². The number of piperidine rings is 1. The number of likely N-dealkylation sites (tertiary alicyclic amines) is 1. The minimum atomic E-state index is -0.641. The summed E-state index contributed by atoms with van der Waals surface area (Å²) in [5, 5.41) is 20.9. The van der Waals surface area contributed by atoms with Crippen LogP contribution in [0.1, 0.15) is 19.8 Å². The third-order valence-electron chi connectivity index (χ3n) is 3.84. The molecular formula is C15H22N2O4. The van der Waals surface area contributed by atoms with Gasteiger partial charge < -0.3 is 14.7 Å². The van der Waals surface area contributed by atoms with Crippen molar-refractivity contribution < 1.29 is 14.8 Å². The molecule has 1 N–H and O–H groups in total. The van der Waals surface area contributed by atoms with Gasteiger partial charge in [0.05, 0.1) is 4.92 Å². The van der Waals surface area contributed by atoms with Crippen LogP contribution in [0, 0.1) is 16.0 Å². The predicted molar refractivity (Wildman–Crippen MR) is 79.4 cm³/mol. The van der Waals surface area contributed by atoms with Crippen molar-refractivity contribution >= 4 is 5.69 Å². The molecule has 0 bridgehead atoms. The second-order valence-electron chi connectivity index (χ2n) is 5.67. The number of hydrogen-bond acceptors (Lipinski definition) is 5. The van der Waals surface area contributed by atoms with Gasteiger partial charge in [-0.3, -0.25) is 10.1 Å². The summed E-state index contributed by atoms with van der Waals surface area (Å²) in [6, 6.07) is 6.22. The fourth-order valence-corrected chi connectivity index (χ4v) is 2.51. The second kappa shape index (κ2) is 7.38. The molecule has 1 aliphatic heterocycles. The molecule has 1 atom stereocenters. The summed E-state index contributed by atoms with van der Waals surface area (Å²) in [5.41, 5.74) is -0.0727. The number of aliphatic hydroxyl groups is 1. The highest BCUT2D eigenvalue weighted by molar-refractivity contribution is 5.45. The Bertz CT molecular complexity index is 472. The summed E-state index contributed by atoms with van der Waals surface area (Å²) in [6.45, 7) is 4.84. The van der Waals surface area contributed by atoms with Crippen molar-refractivity contribution in [3.8, 4) is 5.75 Å². The van der Waals surface area contributed by atoms with Crippen molar-refractivity contribution in [2.24, 2.45) is 5.92 Å². The molecule has 1 aromatic carbocycles. The van der Waals surface area contributed by atoms with Crippen molar-refractivity contribution in [2.45, 2.75) is 25.9 Å². The molecule has 21 heavy (non-hydrogen) atoms. The Labute approximate surface area is 124 Å². The summed E-state index contributed by atoms with van der Waals surface area (Å²) in [7, 11) is 0. The first-order chi connectivity index (χ1) is 10.1. The number of hydrogen-bond donors (Lipinski definition) is 1. The van der Waals surface area contributed by atoms with E-state index >= 15 is 0 Å². The maximum absolute atomic E-state index is 10.9. The van der Waals surface area contributed by atoms with Gasteiger partial charge in [-0.05, 0) is 37.9 Å². The highest BCUT2D eigenvalue weighted by Crippen LogP contribution is 2.26. The van der Waals surface area contributed by atoms with E-state index in [1.807, 2.05) is 0 Å². The molecule has 6 nitrogen and oxygen atoms in total. The number of rotatable bonds is 6. The largest absolute Gasteiger partial charge is 0.484 e. The Balaban J connectivity index is 1.81. The first-order valence-electron chi connectivity index (χ1n) is 7.33. The maximum atomic E-state index is 10.9. The number of benzene rings is 1. The van der Waals surface area contributed by atoms with Crippen LogP contribution < -0.4 is 4.74 Å². The van der Waals surface area contributed by atoms with Crippen LogP contribution in [0.15, 0.2) is 24.3 Å². The molecule has 0 amide bonds. The molecular weight excluding hydrogens is 272 g/mol. The Morgan fingerprint density at radius 1 is 1.43 bits per heavy atom. The summed E-state index contributed by atoms with van der Waals surface area (Å²) < 4.78 is 5.40. The lowest BCUT2D eigenvalue weighted by atomic mass is 9.99. The van der Waals surface area contributed by atoms with Gasteiger partial charge >= 0.3 is 5.69 Å². The lowest BCUT2D eigenvalue weighted by Crippen LogP contribution is -2.40. The van der Waals surface area contributed by atoms with Crippen LogP contribution in [0.5, 0.6) is 5.75 Å². The van der Waals surface area contributed by atoms with Gasteiger partial charge in [0.2, 0.25) is 0 Å². The molecule has 0 saturated carbocycles. The minimum Gasteiger partial charge on any atom is -0.484 e. The van der Waals surface area contributed by atoms with Crippen LogP contribution >= 0.6 is 0 Å². The van der Waals surface area contributed by atoms with Gasteiger partial charge in [-0.25, -0.2) is 0 Å². The molecule has 0 spiro atoms. The molecule has 1 unspecified atom stereocenters. The molecule has 1 fully saturated rings. The second-order valence-corrected chi connectivity index (χ2v) is 5.67. The molecule has 0 aliphatic carbocycles. The number of aliphatic hydroxyl groups excluding tert-OH is 1. The number of ether oxygens (including phenoxy) is 1. The lowest BCUT2D eigenvalue weighted by molar-refractivity contribution is -0.385. The Morgan fingerprint density at radius 3 is 2.76 bits per heavy atom. The number of nitrogens with zero attached hydrogens (tertiary/aromatic N) is 2. The minimum absolute atomic E-state index is 0.0664. The summed E-state index contributed by atoms with van der Waals surface area (Å²) in [5.74, 6) is 0.954. The number of β-amino-alcohol motifs (C(OH)–C–C–N with tert-alkyl or cyclic N) is 1. The van der Waals surface area contributed by atoms with Gasteiger partial charge in [0.1, 0.15) is 12.7 Å². The van der Waals surface area contributed by atoms with E-state index in [0.29, 0.717) is 6.54 Å². The van der Waals surface area contributed by atoms with E-state index < -0.39 is 11.0 Å². The standard InChI is InChI=1S/C15H22N2O4/c1-12-6-8-16(9-7-12)10-13(18)11-21-15-5-3-2-4-14(15)17(19)20/h2-5,12-13,18H,6-11H2,1H3.